The summed E-state index contributed by atoms with van der Waals surface area (Å²) in [5, 5.41) is 0. The van der Waals surface area contributed by atoms with E-state index in [0.29, 0.717) is 5.75 Å². The third kappa shape index (κ3) is 10.6. The van der Waals surface area contributed by atoms with Crippen molar-refractivity contribution in [2.75, 3.05) is 0 Å². The predicted molar refractivity (Wildman–Crippen MR) is 132 cm³/mol. The zero-order valence-corrected chi connectivity index (χ0v) is 19.4. The van der Waals surface area contributed by atoms with Crippen LogP contribution in [0.15, 0.2) is 84.9 Å². The van der Waals surface area contributed by atoms with Gasteiger partial charge in [0, 0.05) is 0 Å². The molecule has 0 aliphatic carbocycles. The fraction of sp³-hybridized carbons (Fsp3) is 0.333. The summed E-state index contributed by atoms with van der Waals surface area (Å²) in [6.07, 6.45) is 9.87. The van der Waals surface area contributed by atoms with Crippen molar-refractivity contribution in [2.45, 2.75) is 58.3 Å². The predicted octanol–water partition coefficient (Wildman–Crippen LogP) is 7.92. The van der Waals surface area contributed by atoms with Crippen LogP contribution in [0.2, 0.25) is 0 Å². The van der Waals surface area contributed by atoms with Gasteiger partial charge < -0.3 is 14.3 Å². The number of unbranched alkanes of at least 4 members (excludes halogenated alkanes) is 6. The van der Waals surface area contributed by atoms with Crippen LogP contribution in [-0.2, 0) is 6.42 Å². The molecule has 0 aliphatic rings. The summed E-state index contributed by atoms with van der Waals surface area (Å²) in [5.41, 5.74) is 3.61. The minimum absolute atomic E-state index is 0.601. The average molecular weight is 439 g/mol. The molecule has 0 heterocycles. The first-order chi connectivity index (χ1) is 15.2. The summed E-state index contributed by atoms with van der Waals surface area (Å²) in [6, 6.07) is 28.4. The third-order valence-electron chi connectivity index (χ3n) is 5.08. The zero-order valence-electron chi connectivity index (χ0n) is 18.5. The van der Waals surface area contributed by atoms with E-state index in [1.54, 1.807) is 6.07 Å². The average Bonchev–Trinajstić information content (AvgIpc) is 2.81. The molecular weight excluding hydrogens is 403 g/mol. The first kappa shape index (κ1) is 25.1. The van der Waals surface area contributed by atoms with E-state index in [-0.39, 0.29) is 0 Å². The molecule has 31 heavy (non-hydrogen) atoms. The Morgan fingerprint density at radius 1 is 0.613 bits per heavy atom. The Morgan fingerprint density at radius 3 is 1.65 bits per heavy atom. The SMILES string of the molecule is CCCCCCCCCc1ccccc1OP(O)O.c1ccc(-c2ccccc2)cc1. The van der Waals surface area contributed by atoms with Crippen molar-refractivity contribution >= 4 is 8.60 Å². The fourth-order valence-electron chi connectivity index (χ4n) is 3.42. The lowest BCUT2D eigenvalue weighted by Gasteiger charge is -2.10. The van der Waals surface area contributed by atoms with E-state index < -0.39 is 8.60 Å². The Balaban J connectivity index is 0.000000242. The molecule has 0 radical (unpaired) electrons. The van der Waals surface area contributed by atoms with Crippen LogP contribution in [0.1, 0.15) is 57.4 Å². The molecule has 0 saturated heterocycles. The highest BCUT2D eigenvalue weighted by atomic mass is 31.2. The van der Waals surface area contributed by atoms with Crippen molar-refractivity contribution in [3.8, 4) is 16.9 Å². The van der Waals surface area contributed by atoms with Gasteiger partial charge in [-0.1, -0.05) is 124 Å². The highest BCUT2D eigenvalue weighted by molar-refractivity contribution is 7.39. The molecule has 0 fully saturated rings. The summed E-state index contributed by atoms with van der Waals surface area (Å²) >= 11 is 0. The lowest BCUT2D eigenvalue weighted by atomic mass is 10.0. The summed E-state index contributed by atoms with van der Waals surface area (Å²) < 4.78 is 5.03. The molecule has 0 spiro atoms. The second-order valence-corrected chi connectivity index (χ2v) is 8.24. The molecule has 3 nitrogen and oxygen atoms in total. The van der Waals surface area contributed by atoms with Crippen LogP contribution < -0.4 is 4.52 Å². The Labute approximate surface area is 188 Å². The van der Waals surface area contributed by atoms with Gasteiger partial charge in [-0.2, -0.15) is 0 Å². The lowest BCUT2D eigenvalue weighted by molar-refractivity contribution is 0.373. The molecular formula is C27H35O3P. The van der Waals surface area contributed by atoms with Crippen LogP contribution >= 0.6 is 8.60 Å². The van der Waals surface area contributed by atoms with Crippen LogP contribution in [0.3, 0.4) is 0 Å². The fourth-order valence-corrected chi connectivity index (χ4v) is 3.78. The van der Waals surface area contributed by atoms with E-state index in [1.807, 2.05) is 30.3 Å². The quantitative estimate of drug-likeness (QED) is 0.236. The minimum Gasteiger partial charge on any atom is -0.427 e. The van der Waals surface area contributed by atoms with Gasteiger partial charge in [0.05, 0.1) is 0 Å². The van der Waals surface area contributed by atoms with Crippen molar-refractivity contribution in [3.05, 3.63) is 90.5 Å². The molecule has 0 saturated carbocycles. The Morgan fingerprint density at radius 2 is 1.10 bits per heavy atom. The van der Waals surface area contributed by atoms with Crippen LogP contribution in [0.5, 0.6) is 5.75 Å². The van der Waals surface area contributed by atoms with E-state index in [0.717, 1.165) is 18.4 Å². The molecule has 2 N–H and O–H groups in total. The van der Waals surface area contributed by atoms with Gasteiger partial charge in [-0.3, -0.25) is 0 Å². The topological polar surface area (TPSA) is 49.7 Å². The van der Waals surface area contributed by atoms with Crippen LogP contribution in [-0.4, -0.2) is 9.79 Å². The highest BCUT2D eigenvalue weighted by Crippen LogP contribution is 2.32. The number of aryl methyl sites for hydroxylation is 1. The number of benzene rings is 3. The number of para-hydroxylation sites is 1. The first-order valence-corrected chi connectivity index (χ1v) is 12.4. The van der Waals surface area contributed by atoms with Crippen molar-refractivity contribution in [2.24, 2.45) is 0 Å². The Bertz CT molecular complexity index is 785. The molecule has 0 aliphatic heterocycles. The largest absolute Gasteiger partial charge is 0.427 e. The standard InChI is InChI=1S/C15H25O3P.C12H10/c1-2-3-4-5-6-7-8-11-14-12-9-10-13-15(14)18-19(16)17;1-3-7-11(8-4-1)12-9-5-2-6-10-12/h9-10,12-13,16-17H,2-8,11H2,1H3;1-10H. The van der Waals surface area contributed by atoms with Crippen molar-refractivity contribution < 1.29 is 14.3 Å². The summed E-state index contributed by atoms with van der Waals surface area (Å²) in [7, 11) is -2.32. The maximum absolute atomic E-state index is 8.92. The van der Waals surface area contributed by atoms with E-state index in [4.69, 9.17) is 14.3 Å². The molecule has 0 aromatic heterocycles. The molecule has 0 unspecified atom stereocenters. The monoisotopic (exact) mass is 438 g/mol. The lowest BCUT2D eigenvalue weighted by Crippen LogP contribution is -1.93. The van der Waals surface area contributed by atoms with E-state index >= 15 is 0 Å². The van der Waals surface area contributed by atoms with Crippen molar-refractivity contribution in [1.29, 1.82) is 0 Å². The van der Waals surface area contributed by atoms with Gasteiger partial charge in [-0.15, -0.1) is 0 Å². The summed E-state index contributed by atoms with van der Waals surface area (Å²) in [4.78, 5) is 17.8. The van der Waals surface area contributed by atoms with Crippen LogP contribution in [0.4, 0.5) is 0 Å². The third-order valence-corrected chi connectivity index (χ3v) is 5.44. The molecule has 3 aromatic rings. The Hall–Kier alpha value is -2.19. The first-order valence-electron chi connectivity index (χ1n) is 11.2. The summed E-state index contributed by atoms with van der Waals surface area (Å²) in [6.45, 7) is 2.23. The minimum atomic E-state index is -2.32. The van der Waals surface area contributed by atoms with Gasteiger partial charge in [0.2, 0.25) is 0 Å². The van der Waals surface area contributed by atoms with Gasteiger partial charge >= 0.3 is 8.60 Å². The smallest absolute Gasteiger partial charge is 0.391 e. The second kappa shape index (κ2) is 15.6. The molecule has 0 atom stereocenters. The normalized spacial score (nSPS) is 10.5. The molecule has 0 amide bonds. The maximum atomic E-state index is 8.92. The molecule has 3 rings (SSSR count). The van der Waals surface area contributed by atoms with Crippen molar-refractivity contribution in [3.63, 3.8) is 0 Å². The maximum Gasteiger partial charge on any atom is 0.391 e. The zero-order chi connectivity index (χ0) is 22.2. The summed E-state index contributed by atoms with van der Waals surface area (Å²) in [5.74, 6) is 0.601. The van der Waals surface area contributed by atoms with Gasteiger partial charge in [-0.25, -0.2) is 0 Å². The van der Waals surface area contributed by atoms with Crippen molar-refractivity contribution in [1.82, 2.24) is 0 Å². The molecule has 4 heteroatoms. The van der Waals surface area contributed by atoms with Gasteiger partial charge in [0.25, 0.3) is 0 Å². The van der Waals surface area contributed by atoms with E-state index in [9.17, 15) is 0 Å². The number of hydrogen-bond donors (Lipinski definition) is 2. The molecule has 3 aromatic carbocycles. The van der Waals surface area contributed by atoms with Crippen LogP contribution in [0, 0.1) is 0 Å². The Kier molecular flexibility index (Phi) is 12.6. The van der Waals surface area contributed by atoms with Gasteiger partial charge in [-0.05, 0) is 35.6 Å². The van der Waals surface area contributed by atoms with Crippen LogP contribution in [0.25, 0.3) is 11.1 Å². The van der Waals surface area contributed by atoms with E-state index in [2.05, 4.69) is 55.5 Å². The van der Waals surface area contributed by atoms with Gasteiger partial charge in [0.15, 0.2) is 0 Å². The molecule has 166 valence electrons. The van der Waals surface area contributed by atoms with Gasteiger partial charge in [0.1, 0.15) is 5.75 Å². The molecule has 0 bridgehead atoms. The number of hydrogen-bond acceptors (Lipinski definition) is 3. The second-order valence-electron chi connectivity index (χ2n) is 7.56. The highest BCUT2D eigenvalue weighted by Gasteiger charge is 2.07. The van der Waals surface area contributed by atoms with E-state index in [1.165, 1.54) is 49.7 Å². The number of rotatable bonds is 11.